The molecule has 2 rings (SSSR count). The fourth-order valence-electron chi connectivity index (χ4n) is 1.20. The summed E-state index contributed by atoms with van der Waals surface area (Å²) >= 11 is 11.4. The fraction of sp³-hybridized carbons (Fsp3) is 0.100. The number of halogens is 2. The number of H-pyrrole nitrogens is 1. The van der Waals surface area contributed by atoms with Crippen molar-refractivity contribution in [2.75, 3.05) is 5.32 Å². The van der Waals surface area contributed by atoms with E-state index in [-0.39, 0.29) is 16.1 Å². The smallest absolute Gasteiger partial charge is 0.258 e. The maximum Gasteiger partial charge on any atom is 0.258 e. The lowest BCUT2D eigenvalue weighted by molar-refractivity contribution is 0.102. The Balaban J connectivity index is 2.20. The van der Waals surface area contributed by atoms with Gasteiger partial charge in [0.25, 0.3) is 5.91 Å². The average Bonchev–Trinajstić information content (AvgIpc) is 2.68. The van der Waals surface area contributed by atoms with Gasteiger partial charge in [-0.15, -0.1) is 0 Å². The maximum atomic E-state index is 11.8. The van der Waals surface area contributed by atoms with Crippen LogP contribution in [0.3, 0.4) is 0 Å². The van der Waals surface area contributed by atoms with Crippen LogP contribution in [0.15, 0.2) is 18.5 Å². The van der Waals surface area contributed by atoms with E-state index in [1.165, 1.54) is 12.3 Å². The first-order valence-electron chi connectivity index (χ1n) is 4.70. The molecule has 5 nitrogen and oxygen atoms in total. The van der Waals surface area contributed by atoms with Gasteiger partial charge in [-0.2, -0.15) is 5.10 Å². The van der Waals surface area contributed by atoms with Gasteiger partial charge in [-0.3, -0.25) is 9.89 Å². The maximum absolute atomic E-state index is 11.8. The van der Waals surface area contributed by atoms with Gasteiger partial charge in [0.05, 0.1) is 16.8 Å². The second-order valence-corrected chi connectivity index (χ2v) is 4.14. The third-order valence-corrected chi connectivity index (χ3v) is 2.81. The van der Waals surface area contributed by atoms with Gasteiger partial charge in [0, 0.05) is 11.8 Å². The molecular weight excluding hydrogens is 263 g/mol. The summed E-state index contributed by atoms with van der Waals surface area (Å²) in [6.07, 6.45) is 2.97. The van der Waals surface area contributed by atoms with E-state index in [9.17, 15) is 4.79 Å². The van der Waals surface area contributed by atoms with Crippen LogP contribution in [0.25, 0.3) is 0 Å². The van der Waals surface area contributed by atoms with Crippen molar-refractivity contribution in [3.05, 3.63) is 39.8 Å². The SMILES string of the molecule is Cc1cn[nH]c1NC(=O)c1cnc(Cl)c(Cl)c1. The van der Waals surface area contributed by atoms with Crippen LogP contribution in [0.2, 0.25) is 10.2 Å². The quantitative estimate of drug-likeness (QED) is 0.825. The second-order valence-electron chi connectivity index (χ2n) is 3.38. The summed E-state index contributed by atoms with van der Waals surface area (Å²) in [5.74, 6) is 0.212. The zero-order valence-electron chi connectivity index (χ0n) is 8.79. The van der Waals surface area contributed by atoms with Crippen LogP contribution in [0.1, 0.15) is 15.9 Å². The number of pyridine rings is 1. The van der Waals surface area contributed by atoms with Gasteiger partial charge in [-0.05, 0) is 13.0 Å². The highest BCUT2D eigenvalue weighted by Crippen LogP contribution is 2.20. The largest absolute Gasteiger partial charge is 0.307 e. The minimum Gasteiger partial charge on any atom is -0.307 e. The lowest BCUT2D eigenvalue weighted by atomic mass is 10.2. The molecule has 0 aliphatic heterocycles. The van der Waals surface area contributed by atoms with Crippen LogP contribution >= 0.6 is 23.2 Å². The molecule has 2 aromatic heterocycles. The molecule has 0 radical (unpaired) electrons. The van der Waals surface area contributed by atoms with E-state index in [0.717, 1.165) is 5.56 Å². The molecule has 0 atom stereocenters. The first-order chi connectivity index (χ1) is 8.08. The number of aromatic amines is 1. The van der Waals surface area contributed by atoms with Crippen molar-refractivity contribution >= 4 is 34.9 Å². The molecule has 1 amide bonds. The van der Waals surface area contributed by atoms with Crippen LogP contribution in [0, 0.1) is 6.92 Å². The highest BCUT2D eigenvalue weighted by molar-refractivity contribution is 6.41. The number of hydrogen-bond donors (Lipinski definition) is 2. The molecule has 2 aromatic rings. The van der Waals surface area contributed by atoms with E-state index in [1.807, 2.05) is 6.92 Å². The predicted octanol–water partition coefficient (Wildman–Crippen LogP) is 2.67. The van der Waals surface area contributed by atoms with Crippen molar-refractivity contribution in [3.8, 4) is 0 Å². The number of nitrogens with zero attached hydrogens (tertiary/aromatic N) is 2. The van der Waals surface area contributed by atoms with E-state index in [0.29, 0.717) is 11.4 Å². The number of carbonyl (C=O) groups is 1. The van der Waals surface area contributed by atoms with Gasteiger partial charge >= 0.3 is 0 Å². The van der Waals surface area contributed by atoms with Crippen molar-refractivity contribution in [3.63, 3.8) is 0 Å². The summed E-state index contributed by atoms with van der Waals surface area (Å²) in [6.45, 7) is 1.83. The molecular formula is C10H8Cl2N4O. The molecule has 0 unspecified atom stereocenters. The molecule has 2 heterocycles. The Bertz CT molecular complexity index is 567. The minimum absolute atomic E-state index is 0.168. The van der Waals surface area contributed by atoms with E-state index in [2.05, 4.69) is 20.5 Å². The number of amides is 1. The summed E-state index contributed by atoms with van der Waals surface area (Å²) in [5, 5.41) is 9.53. The molecule has 0 fully saturated rings. The highest BCUT2D eigenvalue weighted by Gasteiger charge is 2.11. The molecule has 7 heteroatoms. The number of hydrogen-bond acceptors (Lipinski definition) is 3. The molecule has 88 valence electrons. The lowest BCUT2D eigenvalue weighted by Crippen LogP contribution is -2.13. The number of rotatable bonds is 2. The molecule has 0 aliphatic rings. The van der Waals surface area contributed by atoms with Gasteiger partial charge in [-0.1, -0.05) is 23.2 Å². The van der Waals surface area contributed by atoms with E-state index in [1.54, 1.807) is 6.20 Å². The number of aryl methyl sites for hydroxylation is 1. The number of carbonyl (C=O) groups excluding carboxylic acids is 1. The van der Waals surface area contributed by atoms with Gasteiger partial charge in [0.1, 0.15) is 11.0 Å². The molecule has 0 aliphatic carbocycles. The fourth-order valence-corrected chi connectivity index (χ4v) is 1.47. The summed E-state index contributed by atoms with van der Waals surface area (Å²) in [5.41, 5.74) is 1.17. The van der Waals surface area contributed by atoms with Crippen LogP contribution < -0.4 is 5.32 Å². The molecule has 0 bridgehead atoms. The highest BCUT2D eigenvalue weighted by atomic mass is 35.5. The third kappa shape index (κ3) is 2.57. The van der Waals surface area contributed by atoms with Gasteiger partial charge in [0.2, 0.25) is 0 Å². The normalized spacial score (nSPS) is 10.3. The monoisotopic (exact) mass is 270 g/mol. The van der Waals surface area contributed by atoms with Gasteiger partial charge in [-0.25, -0.2) is 4.98 Å². The van der Waals surface area contributed by atoms with Gasteiger partial charge < -0.3 is 5.32 Å². The van der Waals surface area contributed by atoms with Crippen LogP contribution in [0.5, 0.6) is 0 Å². The molecule has 0 saturated carbocycles. The summed E-state index contributed by atoms with van der Waals surface area (Å²) in [6, 6.07) is 1.46. The van der Waals surface area contributed by atoms with E-state index >= 15 is 0 Å². The van der Waals surface area contributed by atoms with Crippen molar-refractivity contribution in [2.45, 2.75) is 6.92 Å². The topological polar surface area (TPSA) is 70.7 Å². The lowest BCUT2D eigenvalue weighted by Gasteiger charge is -2.04. The summed E-state index contributed by atoms with van der Waals surface area (Å²) in [7, 11) is 0. The zero-order chi connectivity index (χ0) is 12.4. The first kappa shape index (κ1) is 11.9. The Morgan fingerprint density at radius 1 is 1.41 bits per heavy atom. The molecule has 0 aromatic carbocycles. The minimum atomic E-state index is -0.330. The standard InChI is InChI=1S/C10H8Cl2N4O/c1-5-3-14-16-9(5)15-10(17)6-2-7(11)8(12)13-4-6/h2-4H,1H3,(H2,14,15,16,17). The third-order valence-electron chi connectivity index (χ3n) is 2.13. The van der Waals surface area contributed by atoms with Crippen LogP contribution in [0.4, 0.5) is 5.82 Å². The molecule has 17 heavy (non-hydrogen) atoms. The number of anilines is 1. The predicted molar refractivity (Wildman–Crippen MR) is 65.5 cm³/mol. The average molecular weight is 271 g/mol. The Labute approximate surface area is 107 Å². The Morgan fingerprint density at radius 3 is 2.76 bits per heavy atom. The molecule has 0 spiro atoms. The Kier molecular flexibility index (Phi) is 3.31. The van der Waals surface area contributed by atoms with Crippen molar-refractivity contribution in [1.82, 2.24) is 15.2 Å². The Morgan fingerprint density at radius 2 is 2.18 bits per heavy atom. The molecule has 0 saturated heterocycles. The number of nitrogens with one attached hydrogen (secondary N) is 2. The van der Waals surface area contributed by atoms with Crippen molar-refractivity contribution < 1.29 is 4.79 Å². The zero-order valence-corrected chi connectivity index (χ0v) is 10.3. The first-order valence-corrected chi connectivity index (χ1v) is 5.46. The molecule has 2 N–H and O–H groups in total. The van der Waals surface area contributed by atoms with E-state index < -0.39 is 0 Å². The Hall–Kier alpha value is -1.59. The number of aromatic nitrogens is 3. The summed E-state index contributed by atoms with van der Waals surface area (Å²) in [4.78, 5) is 15.6. The van der Waals surface area contributed by atoms with Gasteiger partial charge in [0.15, 0.2) is 0 Å². The second kappa shape index (κ2) is 4.73. The van der Waals surface area contributed by atoms with Crippen LogP contribution in [-0.4, -0.2) is 21.1 Å². The van der Waals surface area contributed by atoms with Crippen molar-refractivity contribution in [2.24, 2.45) is 0 Å². The summed E-state index contributed by atoms with van der Waals surface area (Å²) < 4.78 is 0. The van der Waals surface area contributed by atoms with Crippen molar-refractivity contribution in [1.29, 1.82) is 0 Å². The van der Waals surface area contributed by atoms with E-state index in [4.69, 9.17) is 23.2 Å². The van der Waals surface area contributed by atoms with Crippen LogP contribution in [-0.2, 0) is 0 Å².